The third kappa shape index (κ3) is 7.86. The summed E-state index contributed by atoms with van der Waals surface area (Å²) in [6.07, 6.45) is -2.53. The first-order valence-electron chi connectivity index (χ1n) is 11.4. The molecule has 1 saturated heterocycles. The van der Waals surface area contributed by atoms with E-state index in [4.69, 9.17) is 14.5 Å². The third-order valence-corrected chi connectivity index (χ3v) is 9.50. The normalized spacial score (nSPS) is 23.1. The van der Waals surface area contributed by atoms with Gasteiger partial charge in [-0.2, -0.15) is 21.8 Å². The first-order chi connectivity index (χ1) is 19.3. The number of phosphoric acid groups is 3. The van der Waals surface area contributed by atoms with Crippen molar-refractivity contribution in [2.45, 2.75) is 37.0 Å². The molecule has 2 aromatic rings. The summed E-state index contributed by atoms with van der Waals surface area (Å²) in [7, 11) is -16.6. The molecule has 230 valence electrons. The minimum Gasteiger partial charge on any atom is -0.352 e. The Bertz CT molecular complexity index is 1660. The number of phosphoric ester groups is 1. The van der Waals surface area contributed by atoms with E-state index in [1.54, 1.807) is 0 Å². The number of H-pyrrole nitrogens is 1. The minimum absolute atomic E-state index is 0.0297. The van der Waals surface area contributed by atoms with Gasteiger partial charge < -0.3 is 24.3 Å². The van der Waals surface area contributed by atoms with Crippen molar-refractivity contribution in [3.05, 3.63) is 68.0 Å². The molecule has 5 N–H and O–H groups in total. The highest BCUT2D eigenvalue weighted by Gasteiger charge is 2.65. The molecule has 4 atom stereocenters. The van der Waals surface area contributed by atoms with Crippen LogP contribution in [0.25, 0.3) is 12.2 Å². The average Bonchev–Trinajstić information content (AvgIpc) is 3.53. The Morgan fingerprint density at radius 2 is 1.67 bits per heavy atom. The van der Waals surface area contributed by atoms with Gasteiger partial charge in [-0.15, -0.1) is 10.2 Å². The molecule has 1 aromatic carbocycles. The SMILES string of the molecule is O=c1[nH]c(=O)n([C@H]2CC[C@@H](COP(=O)(O)OP(=O)(O)O[32P](=O)(O)O)O2)cc1/C=C/c1ccc(C2(C(F)(F)F)N=N2)cc1. The van der Waals surface area contributed by atoms with Crippen molar-refractivity contribution in [3.8, 4) is 0 Å². The van der Waals surface area contributed by atoms with E-state index in [1.165, 1.54) is 36.4 Å². The van der Waals surface area contributed by atoms with Gasteiger partial charge in [0.15, 0.2) is 0 Å². The highest BCUT2D eigenvalue weighted by Crippen LogP contribution is 2.66. The molecule has 0 saturated carbocycles. The van der Waals surface area contributed by atoms with Gasteiger partial charge in [-0.1, -0.05) is 30.3 Å². The molecule has 23 heteroatoms. The number of benzene rings is 1. The number of nitrogens with one attached hydrogen (secondary N) is 1. The van der Waals surface area contributed by atoms with E-state index in [1.807, 2.05) is 0 Å². The number of hydrogen-bond acceptors (Lipinski definition) is 11. The molecule has 0 radical (unpaired) electrons. The largest absolute Gasteiger partial charge is 0.490 e. The van der Waals surface area contributed by atoms with E-state index in [-0.39, 0.29) is 24.0 Å². The molecule has 4 rings (SSSR count). The number of hydrogen-bond donors (Lipinski definition) is 5. The Kier molecular flexibility index (Phi) is 8.83. The van der Waals surface area contributed by atoms with Crippen LogP contribution >= 0.6 is 23.5 Å². The number of nitrogens with zero attached hydrogens (tertiary/aromatic N) is 3. The van der Waals surface area contributed by atoms with E-state index < -0.39 is 65.5 Å². The molecule has 0 spiro atoms. The molecule has 2 aliphatic rings. The van der Waals surface area contributed by atoms with Crippen LogP contribution in [0.4, 0.5) is 13.2 Å². The molecular formula is C19H20F3N4O13P3. The molecule has 2 unspecified atom stereocenters. The second-order valence-corrected chi connectivity index (χ2v) is 13.2. The Morgan fingerprint density at radius 1 is 1.02 bits per heavy atom. The molecule has 0 bridgehead atoms. The number of aromatic amines is 1. The zero-order chi connectivity index (χ0) is 31.1. The van der Waals surface area contributed by atoms with Gasteiger partial charge in [0.2, 0.25) is 0 Å². The summed E-state index contributed by atoms with van der Waals surface area (Å²) in [6, 6.07) is 5.09. The van der Waals surface area contributed by atoms with Gasteiger partial charge in [-0.3, -0.25) is 18.9 Å². The molecular weight excluding hydrogens is 643 g/mol. The maximum atomic E-state index is 13.2. The van der Waals surface area contributed by atoms with E-state index in [0.717, 1.165) is 10.8 Å². The van der Waals surface area contributed by atoms with Crippen molar-refractivity contribution in [1.29, 1.82) is 0 Å². The number of alkyl halides is 3. The highest BCUT2D eigenvalue weighted by atomic mass is 32.2. The van der Waals surface area contributed by atoms with Crippen LogP contribution in [0.15, 0.2) is 50.3 Å². The van der Waals surface area contributed by atoms with Crippen LogP contribution in [0.3, 0.4) is 0 Å². The van der Waals surface area contributed by atoms with Crippen LogP contribution in [-0.4, -0.2) is 48.0 Å². The quantitative estimate of drug-likeness (QED) is 0.217. The average molecular weight is 663 g/mol. The van der Waals surface area contributed by atoms with E-state index >= 15 is 0 Å². The third-order valence-electron chi connectivity index (χ3n) is 5.69. The van der Waals surface area contributed by atoms with Crippen molar-refractivity contribution < 1.29 is 64.3 Å². The van der Waals surface area contributed by atoms with Gasteiger partial charge in [-0.25, -0.2) is 18.5 Å². The number of halogens is 3. The van der Waals surface area contributed by atoms with E-state index in [2.05, 4.69) is 28.4 Å². The Morgan fingerprint density at radius 3 is 2.24 bits per heavy atom. The summed E-state index contributed by atoms with van der Waals surface area (Å²) in [6.45, 7) is -0.725. The van der Waals surface area contributed by atoms with Gasteiger partial charge >= 0.3 is 41.0 Å². The van der Waals surface area contributed by atoms with Crippen LogP contribution in [0.5, 0.6) is 0 Å². The minimum atomic E-state index is -5.70. The lowest BCUT2D eigenvalue weighted by atomic mass is 10.0. The lowest BCUT2D eigenvalue weighted by molar-refractivity contribution is -0.166. The monoisotopic (exact) mass is 663 g/mol. The number of ether oxygens (including phenoxy) is 1. The second kappa shape index (κ2) is 11.5. The zero-order valence-electron chi connectivity index (χ0n) is 20.6. The molecule has 3 heterocycles. The Labute approximate surface area is 231 Å². The van der Waals surface area contributed by atoms with Crippen LogP contribution in [0.2, 0.25) is 0 Å². The molecule has 0 amide bonds. The maximum absolute atomic E-state index is 13.2. The number of rotatable bonds is 11. The van der Waals surface area contributed by atoms with Crippen molar-refractivity contribution in [1.82, 2.24) is 9.55 Å². The van der Waals surface area contributed by atoms with E-state index in [9.17, 15) is 46.2 Å². The van der Waals surface area contributed by atoms with Crippen LogP contribution in [0.1, 0.15) is 35.8 Å². The molecule has 42 heavy (non-hydrogen) atoms. The molecule has 17 nitrogen and oxygen atoms in total. The standard InChI is InChI=1S/C19H20F3N4O13P3/c20-19(21,22)18(24-25-18)13-5-2-11(3-6-13)1-4-12-9-26(17(28)23-16(12)27)15-8-7-14(37-15)10-36-41(32,33)39-42(34,35)38-40(29,30)31/h1-6,9,14-15H,7-8,10H2,(H,32,33)(H,34,35)(H,23,27,28)(H2,29,30,31)/b4-1+/t14-,15+/m0/s1/i40+1. The fourth-order valence-electron chi connectivity index (χ4n) is 3.78. The van der Waals surface area contributed by atoms with Crippen molar-refractivity contribution in [2.24, 2.45) is 10.2 Å². The Balaban J connectivity index is 1.39. The Hall–Kier alpha value is -2.60. The molecule has 1 aromatic heterocycles. The van der Waals surface area contributed by atoms with Gasteiger partial charge in [0.1, 0.15) is 6.23 Å². The summed E-state index contributed by atoms with van der Waals surface area (Å²) in [5.74, 6) is 0. The summed E-state index contributed by atoms with van der Waals surface area (Å²) >= 11 is 0. The molecule has 0 aliphatic carbocycles. The summed E-state index contributed by atoms with van der Waals surface area (Å²) in [5, 5.41) is 6.24. The summed E-state index contributed by atoms with van der Waals surface area (Å²) in [4.78, 5) is 62.7. The van der Waals surface area contributed by atoms with Crippen molar-refractivity contribution in [2.75, 3.05) is 6.61 Å². The van der Waals surface area contributed by atoms with Crippen LogP contribution in [0, 0.1) is 0 Å². The van der Waals surface area contributed by atoms with Gasteiger partial charge in [0.05, 0.1) is 18.3 Å². The van der Waals surface area contributed by atoms with Gasteiger partial charge in [-0.05, 0) is 24.5 Å². The maximum Gasteiger partial charge on any atom is 0.490 e. The number of aromatic nitrogens is 2. The van der Waals surface area contributed by atoms with Crippen molar-refractivity contribution in [3.63, 3.8) is 0 Å². The lowest BCUT2D eigenvalue weighted by Crippen LogP contribution is -2.33. The second-order valence-electron chi connectivity index (χ2n) is 8.75. The first-order valence-corrected chi connectivity index (χ1v) is 15.9. The van der Waals surface area contributed by atoms with Gasteiger partial charge in [0.25, 0.3) is 5.56 Å². The molecule has 1 fully saturated rings. The first kappa shape index (κ1) is 32.3. The van der Waals surface area contributed by atoms with Gasteiger partial charge in [0, 0.05) is 11.8 Å². The van der Waals surface area contributed by atoms with E-state index in [0.29, 0.717) is 5.56 Å². The van der Waals surface area contributed by atoms with Crippen molar-refractivity contribution >= 4 is 35.6 Å². The smallest absolute Gasteiger partial charge is 0.352 e. The zero-order valence-corrected chi connectivity index (χ0v) is 23.3. The lowest BCUT2D eigenvalue weighted by Gasteiger charge is -2.19. The highest BCUT2D eigenvalue weighted by molar-refractivity contribution is 7.66. The molecule has 2 aliphatic heterocycles. The van der Waals surface area contributed by atoms with Crippen LogP contribution < -0.4 is 11.2 Å². The topological polar surface area (TPSA) is 249 Å². The summed E-state index contributed by atoms with van der Waals surface area (Å²) < 4.78 is 91.8. The summed E-state index contributed by atoms with van der Waals surface area (Å²) in [5.41, 5.74) is -4.02. The predicted molar refractivity (Wildman–Crippen MR) is 132 cm³/mol. The fourth-order valence-corrected chi connectivity index (χ4v) is 6.83. The predicted octanol–water partition coefficient (Wildman–Crippen LogP) is 2.91. The fraction of sp³-hybridized carbons (Fsp3) is 0.368. The van der Waals surface area contributed by atoms with Crippen LogP contribution in [-0.2, 0) is 37.2 Å².